The number of carbonyl (C=O) groups is 1. The number of rotatable bonds is 6. The lowest BCUT2D eigenvalue weighted by Crippen LogP contribution is -2.41. The molecule has 1 aliphatic rings. The summed E-state index contributed by atoms with van der Waals surface area (Å²) in [6.07, 6.45) is 5.54. The van der Waals surface area contributed by atoms with Crippen molar-refractivity contribution >= 4 is 17.7 Å². The smallest absolute Gasteiger partial charge is 0.236 e. The Bertz CT molecular complexity index is 193. The molecule has 0 bridgehead atoms. The van der Waals surface area contributed by atoms with Crippen molar-refractivity contribution in [3.8, 4) is 0 Å². The van der Waals surface area contributed by atoms with Gasteiger partial charge in [0.05, 0.1) is 6.54 Å². The normalized spacial score (nSPS) is 18.1. The molecule has 0 radical (unpaired) electrons. The van der Waals surface area contributed by atoms with Crippen LogP contribution in [0.25, 0.3) is 0 Å². The molecule has 1 N–H and O–H groups in total. The molecule has 1 atom stereocenters. The maximum atomic E-state index is 11.7. The third kappa shape index (κ3) is 4.43. The van der Waals surface area contributed by atoms with Gasteiger partial charge in [-0.3, -0.25) is 4.79 Å². The highest BCUT2D eigenvalue weighted by Gasteiger charge is 2.18. The van der Waals surface area contributed by atoms with Crippen molar-refractivity contribution in [2.45, 2.75) is 32.2 Å². The van der Waals surface area contributed by atoms with E-state index >= 15 is 0 Å². The fraction of sp³-hybridized carbons (Fsp3) is 0.909. The number of carbonyl (C=O) groups excluding carboxylic acids is 1. The minimum absolute atomic E-state index is 0.270. The zero-order valence-electron chi connectivity index (χ0n) is 9.79. The van der Waals surface area contributed by atoms with Crippen molar-refractivity contribution in [2.75, 3.05) is 31.6 Å². The van der Waals surface area contributed by atoms with Crippen LogP contribution in [-0.4, -0.2) is 48.5 Å². The number of hydrogen-bond acceptors (Lipinski definition) is 3. The van der Waals surface area contributed by atoms with Gasteiger partial charge in [0.25, 0.3) is 0 Å². The summed E-state index contributed by atoms with van der Waals surface area (Å²) in [6, 6.07) is 0.478. The number of thioether (sulfide) groups is 1. The van der Waals surface area contributed by atoms with Crippen molar-refractivity contribution in [3.05, 3.63) is 0 Å². The van der Waals surface area contributed by atoms with Gasteiger partial charge in [-0.05, 0) is 25.5 Å². The highest BCUT2D eigenvalue weighted by Crippen LogP contribution is 2.07. The standard InChI is InChI=1S/C11H22N2OS/c1-3-10(9-15-2)12-8-11(14)13-6-4-5-7-13/h10,12H,3-9H2,1-2H3. The van der Waals surface area contributed by atoms with Gasteiger partial charge in [-0.2, -0.15) is 11.8 Å². The van der Waals surface area contributed by atoms with Crippen molar-refractivity contribution < 1.29 is 4.79 Å². The molecule has 0 aromatic heterocycles. The number of nitrogens with one attached hydrogen (secondary N) is 1. The molecule has 0 saturated carbocycles. The maximum absolute atomic E-state index is 11.7. The van der Waals surface area contributed by atoms with Gasteiger partial charge >= 0.3 is 0 Å². The van der Waals surface area contributed by atoms with Crippen LogP contribution < -0.4 is 5.32 Å². The Morgan fingerprint density at radius 2 is 2.13 bits per heavy atom. The first kappa shape index (κ1) is 12.8. The van der Waals surface area contributed by atoms with Crippen LogP contribution >= 0.6 is 11.8 Å². The summed E-state index contributed by atoms with van der Waals surface area (Å²) in [5, 5.41) is 3.33. The van der Waals surface area contributed by atoms with Gasteiger partial charge in [0.2, 0.25) is 5.91 Å². The van der Waals surface area contributed by atoms with Gasteiger partial charge in [0, 0.05) is 24.9 Å². The second-order valence-corrected chi connectivity index (χ2v) is 4.94. The second-order valence-electron chi connectivity index (χ2n) is 4.03. The third-order valence-electron chi connectivity index (χ3n) is 2.86. The average molecular weight is 230 g/mol. The summed E-state index contributed by atoms with van der Waals surface area (Å²) >= 11 is 1.83. The van der Waals surface area contributed by atoms with Crippen LogP contribution in [-0.2, 0) is 4.79 Å². The average Bonchev–Trinajstić information content (AvgIpc) is 2.77. The van der Waals surface area contributed by atoms with E-state index in [1.807, 2.05) is 16.7 Å². The Morgan fingerprint density at radius 1 is 1.47 bits per heavy atom. The predicted octanol–water partition coefficient (Wildman–Crippen LogP) is 1.34. The first-order valence-electron chi connectivity index (χ1n) is 5.78. The Balaban J connectivity index is 2.19. The van der Waals surface area contributed by atoms with Gasteiger partial charge in [0.1, 0.15) is 0 Å². The van der Waals surface area contributed by atoms with Crippen LogP contribution in [0.2, 0.25) is 0 Å². The maximum Gasteiger partial charge on any atom is 0.236 e. The van der Waals surface area contributed by atoms with E-state index in [1.165, 1.54) is 12.8 Å². The largest absolute Gasteiger partial charge is 0.342 e. The lowest BCUT2D eigenvalue weighted by Gasteiger charge is -2.19. The fourth-order valence-corrected chi connectivity index (χ4v) is 2.59. The Morgan fingerprint density at radius 3 is 2.67 bits per heavy atom. The summed E-state index contributed by atoms with van der Waals surface area (Å²) in [7, 11) is 0. The molecular formula is C11H22N2OS. The molecule has 0 aromatic rings. The molecule has 0 aliphatic carbocycles. The quantitative estimate of drug-likeness (QED) is 0.747. The minimum atomic E-state index is 0.270. The molecule has 1 amide bonds. The SMILES string of the molecule is CCC(CSC)NCC(=O)N1CCCC1. The molecule has 15 heavy (non-hydrogen) atoms. The lowest BCUT2D eigenvalue weighted by molar-refractivity contribution is -0.129. The van der Waals surface area contributed by atoms with Crippen LogP contribution in [0.5, 0.6) is 0 Å². The highest BCUT2D eigenvalue weighted by molar-refractivity contribution is 7.98. The van der Waals surface area contributed by atoms with E-state index in [0.717, 1.165) is 25.3 Å². The van der Waals surface area contributed by atoms with Gasteiger partial charge in [-0.1, -0.05) is 6.92 Å². The Hall–Kier alpha value is -0.220. The molecule has 4 heteroatoms. The van der Waals surface area contributed by atoms with Crippen molar-refractivity contribution in [1.29, 1.82) is 0 Å². The van der Waals surface area contributed by atoms with Crippen molar-refractivity contribution in [2.24, 2.45) is 0 Å². The van der Waals surface area contributed by atoms with Crippen molar-refractivity contribution in [3.63, 3.8) is 0 Å². The van der Waals surface area contributed by atoms with Crippen LogP contribution in [0.15, 0.2) is 0 Å². The van der Waals surface area contributed by atoms with Gasteiger partial charge < -0.3 is 10.2 Å². The highest BCUT2D eigenvalue weighted by atomic mass is 32.2. The first-order chi connectivity index (χ1) is 7.27. The van der Waals surface area contributed by atoms with E-state index < -0.39 is 0 Å². The second kappa shape index (κ2) is 7.12. The number of nitrogens with zero attached hydrogens (tertiary/aromatic N) is 1. The molecule has 88 valence electrons. The van der Waals surface area contributed by atoms with E-state index in [2.05, 4.69) is 18.5 Å². The predicted molar refractivity (Wildman–Crippen MR) is 66.3 cm³/mol. The van der Waals surface area contributed by atoms with Crippen LogP contribution in [0.4, 0.5) is 0 Å². The van der Waals surface area contributed by atoms with E-state index in [4.69, 9.17) is 0 Å². The fourth-order valence-electron chi connectivity index (χ4n) is 1.83. The first-order valence-corrected chi connectivity index (χ1v) is 7.17. The van der Waals surface area contributed by atoms with Gasteiger partial charge in [-0.25, -0.2) is 0 Å². The summed E-state index contributed by atoms with van der Waals surface area (Å²) in [5.41, 5.74) is 0. The van der Waals surface area contributed by atoms with Gasteiger partial charge in [-0.15, -0.1) is 0 Å². The van der Waals surface area contributed by atoms with E-state index in [9.17, 15) is 4.79 Å². The molecule has 0 spiro atoms. The molecule has 1 rings (SSSR count). The van der Waals surface area contributed by atoms with Crippen molar-refractivity contribution in [1.82, 2.24) is 10.2 Å². The Labute approximate surface area is 97.0 Å². The molecule has 1 aliphatic heterocycles. The summed E-state index contributed by atoms with van der Waals surface area (Å²) in [4.78, 5) is 13.7. The van der Waals surface area contributed by atoms with E-state index in [0.29, 0.717) is 12.6 Å². The van der Waals surface area contributed by atoms with Gasteiger partial charge in [0.15, 0.2) is 0 Å². The zero-order chi connectivity index (χ0) is 11.1. The van der Waals surface area contributed by atoms with E-state index in [-0.39, 0.29) is 5.91 Å². The van der Waals surface area contributed by atoms with Crippen LogP contribution in [0.3, 0.4) is 0 Å². The monoisotopic (exact) mass is 230 g/mol. The molecular weight excluding hydrogens is 208 g/mol. The number of amides is 1. The zero-order valence-corrected chi connectivity index (χ0v) is 10.6. The molecule has 1 saturated heterocycles. The summed E-state index contributed by atoms with van der Waals surface area (Å²) < 4.78 is 0. The molecule has 1 heterocycles. The minimum Gasteiger partial charge on any atom is -0.342 e. The molecule has 3 nitrogen and oxygen atoms in total. The molecule has 1 unspecified atom stereocenters. The summed E-state index contributed by atoms with van der Waals surface area (Å²) in [5.74, 6) is 1.36. The number of hydrogen-bond donors (Lipinski definition) is 1. The summed E-state index contributed by atoms with van der Waals surface area (Å²) in [6.45, 7) is 4.59. The van der Waals surface area contributed by atoms with E-state index in [1.54, 1.807) is 0 Å². The van der Waals surface area contributed by atoms with Crippen LogP contribution in [0.1, 0.15) is 26.2 Å². The molecule has 1 fully saturated rings. The third-order valence-corrected chi connectivity index (χ3v) is 3.60. The Kier molecular flexibility index (Phi) is 6.10. The topological polar surface area (TPSA) is 32.3 Å². The lowest BCUT2D eigenvalue weighted by atomic mass is 10.2. The number of likely N-dealkylation sites (tertiary alicyclic amines) is 1. The molecule has 0 aromatic carbocycles. The van der Waals surface area contributed by atoms with Crippen LogP contribution in [0, 0.1) is 0 Å².